The van der Waals surface area contributed by atoms with E-state index in [1.54, 1.807) is 305 Å². The Balaban J connectivity index is 0.000000598. The van der Waals surface area contributed by atoms with Crippen LogP contribution < -0.4 is 61.7 Å². The lowest BCUT2D eigenvalue weighted by molar-refractivity contribution is -0.159. The van der Waals surface area contributed by atoms with Gasteiger partial charge in [-0.25, -0.2) is 52.7 Å². The summed E-state index contributed by atoms with van der Waals surface area (Å²) in [5.41, 5.74) is 7.61. The second-order valence-electron chi connectivity index (χ2n) is 40.9. The first-order valence-corrected chi connectivity index (χ1v) is 43.9. The van der Waals surface area contributed by atoms with E-state index in [2.05, 4.69) is 46.4 Å². The van der Waals surface area contributed by atoms with Gasteiger partial charge in [-0.05, 0) is 296 Å². The molecule has 6 rings (SSSR count). The average molecular weight is 1990 g/mol. The Morgan fingerprint density at radius 1 is 0.348 bits per heavy atom. The number of nitrogens with two attached hydrogens (primary N) is 2. The number of alkyl carbamates (subject to hydrolysis) is 5. The van der Waals surface area contributed by atoms with Crippen molar-refractivity contribution in [2.24, 2.45) is 16.6 Å². The van der Waals surface area contributed by atoms with Crippen LogP contribution in [0.25, 0.3) is 0 Å². The zero-order chi connectivity index (χ0) is 108. The Morgan fingerprint density at radius 2 is 0.574 bits per heavy atom. The van der Waals surface area contributed by atoms with Crippen LogP contribution in [0.15, 0.2) is 131 Å². The predicted molar refractivity (Wildman–Crippen MR) is 505 cm³/mol. The summed E-state index contributed by atoms with van der Waals surface area (Å²) in [7, 11) is 0. The van der Waals surface area contributed by atoms with E-state index in [1.165, 1.54) is 24.3 Å². The molecule has 0 bridgehead atoms. The Hall–Kier alpha value is -14.6. The normalized spacial score (nSPS) is 12.9. The van der Waals surface area contributed by atoms with Gasteiger partial charge in [0.05, 0.1) is 18.2 Å². The number of carbonyl (C=O) groups is 12. The van der Waals surface area contributed by atoms with Gasteiger partial charge in [-0.1, -0.05) is 71.0 Å². The Kier molecular flexibility index (Phi) is 46.0. The van der Waals surface area contributed by atoms with Crippen molar-refractivity contribution in [3.05, 3.63) is 161 Å². The number of alkyl halides is 3. The molecule has 0 saturated carbocycles. The van der Waals surface area contributed by atoms with Crippen molar-refractivity contribution >= 4 is 79.0 Å². The molecule has 1 heterocycles. The molecule has 6 amide bonds. The van der Waals surface area contributed by atoms with Crippen LogP contribution in [0.1, 0.15) is 253 Å². The largest absolute Gasteiger partial charge is 0.514 e. The summed E-state index contributed by atoms with van der Waals surface area (Å²) in [5.74, 6) is -2.55. The molecular weight excluding hydrogens is 1860 g/mol. The molecule has 0 radical (unpaired) electrons. The number of hydrogen-bond acceptors (Lipinski definition) is 33. The molecule has 0 unspecified atom stereocenters. The van der Waals surface area contributed by atoms with E-state index in [4.69, 9.17) is 87.7 Å². The molecular formula is C97H136F3N11O30. The molecule has 11 N–H and O–H groups in total. The number of aromatic nitrogens is 2. The Bertz CT molecular complexity index is 5030. The maximum Gasteiger partial charge on any atom is 0.514 e. The third-order valence-electron chi connectivity index (χ3n) is 15.5. The third kappa shape index (κ3) is 58.7. The topological polar surface area (TPSA) is 571 Å². The number of aliphatic carboxylic acids is 1. The van der Waals surface area contributed by atoms with Crippen molar-refractivity contribution < 1.29 is 157 Å². The second-order valence-corrected chi connectivity index (χ2v) is 40.9. The van der Waals surface area contributed by atoms with Crippen LogP contribution in [-0.2, 0) is 95.2 Å². The minimum absolute atomic E-state index is 0.00277. The first kappa shape index (κ1) is 122. The molecule has 5 atom stereocenters. The molecule has 141 heavy (non-hydrogen) atoms. The summed E-state index contributed by atoms with van der Waals surface area (Å²) < 4.78 is 119. The quantitative estimate of drug-likeness (QED) is 0.00517. The van der Waals surface area contributed by atoms with Crippen LogP contribution in [0.4, 0.5) is 61.1 Å². The van der Waals surface area contributed by atoms with Gasteiger partial charge in [-0.3, -0.25) is 4.79 Å². The molecule has 0 fully saturated rings. The van der Waals surface area contributed by atoms with Crippen molar-refractivity contribution in [1.82, 2.24) is 36.7 Å². The maximum absolute atomic E-state index is 12.9. The molecule has 44 heteroatoms. The van der Waals surface area contributed by atoms with Crippen molar-refractivity contribution in [1.29, 1.82) is 5.26 Å². The number of carbonyl (C=O) groups excluding carboxylic acids is 11. The van der Waals surface area contributed by atoms with Crippen molar-refractivity contribution in [3.8, 4) is 34.8 Å². The number of nitrogens with zero attached hydrogens (tertiary/aromatic N) is 4. The van der Waals surface area contributed by atoms with E-state index in [-0.39, 0.29) is 48.8 Å². The molecule has 5 aromatic carbocycles. The van der Waals surface area contributed by atoms with E-state index < -0.39 is 171 Å². The number of oxime groups is 1. The smallest absolute Gasteiger partial charge is 0.480 e. The fourth-order valence-electron chi connectivity index (χ4n) is 10.3. The number of nitriles is 1. The van der Waals surface area contributed by atoms with Gasteiger partial charge in [-0.15, -0.1) is 0 Å². The van der Waals surface area contributed by atoms with Gasteiger partial charge in [0.25, 0.3) is 0 Å². The van der Waals surface area contributed by atoms with Crippen LogP contribution in [-0.4, -0.2) is 180 Å². The molecule has 0 aliphatic heterocycles. The molecule has 41 nitrogen and oxygen atoms in total. The van der Waals surface area contributed by atoms with Gasteiger partial charge < -0.3 is 124 Å². The highest BCUT2D eigenvalue weighted by Gasteiger charge is 2.40. The van der Waals surface area contributed by atoms with E-state index >= 15 is 0 Å². The number of amidine groups is 1. The lowest BCUT2D eigenvalue weighted by Crippen LogP contribution is -2.47. The second kappa shape index (κ2) is 53.0. The van der Waals surface area contributed by atoms with Crippen molar-refractivity contribution in [2.75, 3.05) is 0 Å². The summed E-state index contributed by atoms with van der Waals surface area (Å²) in [4.78, 5) is 144. The van der Waals surface area contributed by atoms with E-state index in [1.807, 2.05) is 6.07 Å². The molecule has 780 valence electrons. The summed E-state index contributed by atoms with van der Waals surface area (Å²) in [5, 5.41) is 46.1. The number of nitrogens with one attached hydrogen (secondary N) is 5. The number of primary amides is 1. The number of amides is 6. The van der Waals surface area contributed by atoms with Gasteiger partial charge in [-0.2, -0.15) is 23.4 Å². The number of carboxylic acids is 1. The number of halogens is 3. The molecule has 1 aromatic heterocycles. The lowest BCUT2D eigenvalue weighted by atomic mass is 10.1. The fraction of sp³-hybridized carbons (Fsp3) is 0.526. The van der Waals surface area contributed by atoms with E-state index in [0.29, 0.717) is 40.4 Å². The van der Waals surface area contributed by atoms with Crippen LogP contribution in [0.5, 0.6) is 28.7 Å². The minimum Gasteiger partial charge on any atom is -0.480 e. The zero-order valence-corrected chi connectivity index (χ0v) is 85.4. The van der Waals surface area contributed by atoms with Crippen molar-refractivity contribution in [2.45, 2.75) is 332 Å². The van der Waals surface area contributed by atoms with Crippen LogP contribution in [0.3, 0.4) is 0 Å². The molecule has 0 saturated heterocycles. The monoisotopic (exact) mass is 1990 g/mol. The highest BCUT2D eigenvalue weighted by Crippen LogP contribution is 2.31. The lowest BCUT2D eigenvalue weighted by Gasteiger charge is -2.23. The fourth-order valence-corrected chi connectivity index (χ4v) is 10.3. The standard InChI is InChI=1S/C21H26F3N3O6.C19H29N3O6.C19H28N2O6.C19H26N2O5.C19H27NO7/c1-19(2,3)31-17(28)25-14(15-26-16(33-27-15)21(22,23)24)11-12-7-9-13(10-8-12)30-18(29)32-20(4,5)6;1-18(2,3)27-16(23)21-14(15(20)22-25)11-12-7-9-13(10-8-12)26-17(24)28-19(4,5)6;1-18(2,3)26-16(23)21-14(15(20)22)11-12-7-9-13(10-8-12)25-17(24)27-19(4,5)6;1-18(2,3)25-16(22)21-14(12-20)11-13-7-9-15(10-8-13)24-17(23)26-19(4,5)6;1-18(2,3)26-16(23)20-14(15(21)22)11-12-7-9-13(10-8-12)25-17(24)27-19(4,5)6/h7-10,14H,11H2,1-6H3,(H,25,28);7-10,14,25H,11H2,1-6H3,(H2,20,22)(H,21,23);7-10,14H,11H2,1-6H3,(H2,20,22)(H,21,23);7-10,14H,11H2,1-6H3,(H,21,22);7-10,14H,11H2,1-6H3,(H,20,23)(H,21,22)/t5*14-/m00000/s1. The summed E-state index contributed by atoms with van der Waals surface area (Å²) in [6, 6.07) is 29.2. The highest BCUT2D eigenvalue weighted by atomic mass is 19.4. The molecule has 0 aliphatic carbocycles. The number of hydrogen-bond donors (Lipinski definition) is 9. The number of rotatable bonds is 24. The van der Waals surface area contributed by atoms with Gasteiger partial charge >= 0.3 is 79.3 Å². The zero-order valence-electron chi connectivity index (χ0n) is 85.4. The summed E-state index contributed by atoms with van der Waals surface area (Å²) in [6.07, 6.45) is -11.9. The first-order chi connectivity index (χ1) is 64.2. The summed E-state index contributed by atoms with van der Waals surface area (Å²) >= 11 is 0. The van der Waals surface area contributed by atoms with Gasteiger partial charge in [0.15, 0.2) is 11.7 Å². The predicted octanol–water partition coefficient (Wildman–Crippen LogP) is 18.8. The average Bonchev–Trinajstić information content (AvgIpc) is 1.57. The Labute approximate surface area is 818 Å². The van der Waals surface area contributed by atoms with Gasteiger partial charge in [0, 0.05) is 32.1 Å². The number of ether oxygens (including phenoxy) is 15. The third-order valence-corrected chi connectivity index (χ3v) is 15.5. The first-order valence-electron chi connectivity index (χ1n) is 43.9. The Morgan fingerprint density at radius 3 is 0.809 bits per heavy atom. The number of benzene rings is 5. The van der Waals surface area contributed by atoms with Crippen LogP contribution in [0, 0.1) is 11.3 Å². The maximum atomic E-state index is 12.9. The van der Waals surface area contributed by atoms with E-state index in [0.717, 1.165) is 11.1 Å². The van der Waals surface area contributed by atoms with Gasteiger partial charge in [0.1, 0.15) is 103 Å². The number of carboxylic acid groups (broad SMARTS) is 1. The highest BCUT2D eigenvalue weighted by molar-refractivity contribution is 5.89. The van der Waals surface area contributed by atoms with Crippen LogP contribution >= 0.6 is 0 Å². The summed E-state index contributed by atoms with van der Waals surface area (Å²) in [6.45, 7) is 51.5. The minimum atomic E-state index is -4.83. The molecule has 0 aliphatic rings. The van der Waals surface area contributed by atoms with E-state index in [9.17, 15) is 81.1 Å². The van der Waals surface area contributed by atoms with Gasteiger partial charge in [0.2, 0.25) is 5.91 Å². The van der Waals surface area contributed by atoms with Crippen molar-refractivity contribution in [3.63, 3.8) is 0 Å². The molecule has 6 aromatic rings. The molecule has 0 spiro atoms. The van der Waals surface area contributed by atoms with Crippen LogP contribution in [0.2, 0.25) is 0 Å². The SMILES string of the molecule is CC(C)(C)OC(=O)N[C@@H](Cc1ccc(OC(=O)OC(C)(C)C)cc1)/C(N)=N/O.CC(C)(C)OC(=O)N[C@@H](Cc1ccc(OC(=O)OC(C)(C)C)cc1)C(=O)O.CC(C)(C)OC(=O)N[C@@H](Cc1ccc(OC(=O)OC(C)(C)C)cc1)C(N)=O.CC(C)(C)OC(=O)N[C@@H](Cc1ccc(OC(=O)OC(C)(C)C)cc1)c1noc(C(F)(F)F)n1.CC(C)(C)OC(=O)N[C@H](C#N)Cc1ccc(OC(=O)OC(C)(C)C)cc1.